The Kier molecular flexibility index (Phi) is 7.12. The molecule has 0 radical (unpaired) electrons. The molecule has 1 amide bonds. The molecule has 0 unspecified atom stereocenters. The van der Waals surface area contributed by atoms with Gasteiger partial charge in [0.05, 0.1) is 5.69 Å². The predicted octanol–water partition coefficient (Wildman–Crippen LogP) is 2.90. The first-order valence-electron chi connectivity index (χ1n) is 13.9. The summed E-state index contributed by atoms with van der Waals surface area (Å²) in [4.78, 5) is 40.6. The molecule has 0 aromatic carbocycles. The Hall–Kier alpha value is -2.42. The van der Waals surface area contributed by atoms with Crippen LogP contribution in [0.4, 0.5) is 5.95 Å². The third-order valence-electron chi connectivity index (χ3n) is 8.19. The second-order valence-electron chi connectivity index (χ2n) is 12.2. The topological polar surface area (TPSA) is 90.4 Å². The molecule has 0 bridgehead atoms. The molecule has 1 N–H and O–H groups in total. The molecule has 36 heavy (non-hydrogen) atoms. The fourth-order valence-electron chi connectivity index (χ4n) is 5.83. The molecule has 3 fully saturated rings. The highest BCUT2D eigenvalue weighted by Crippen LogP contribution is 2.31. The number of anilines is 1. The van der Waals surface area contributed by atoms with Crippen LogP contribution in [0.3, 0.4) is 0 Å². The summed E-state index contributed by atoms with van der Waals surface area (Å²) in [5.41, 5.74) is 1.79. The van der Waals surface area contributed by atoms with Crippen molar-refractivity contribution in [3.63, 3.8) is 0 Å². The van der Waals surface area contributed by atoms with E-state index in [2.05, 4.69) is 45.6 Å². The van der Waals surface area contributed by atoms with Gasteiger partial charge >= 0.3 is 0 Å². The molecule has 198 valence electrons. The van der Waals surface area contributed by atoms with E-state index in [0.717, 1.165) is 64.3 Å². The zero-order valence-corrected chi connectivity index (χ0v) is 22.6. The van der Waals surface area contributed by atoms with Crippen molar-refractivity contribution in [2.45, 2.75) is 71.1 Å². The fraction of sp³-hybridized carbons (Fsp3) is 0.778. The standard InChI is InChI=1S/C27H43N7O2/c1-27(2,3)23-21-22(31(4)30-23)24(35)29-26(28-21)34(18-19-8-6-5-7-9-19)17-14-32-12-15-33(16-13-32)25(36)20-10-11-20/h19-20H,5-18H2,1-4H3,(H,28,29,35). The summed E-state index contributed by atoms with van der Waals surface area (Å²) >= 11 is 0. The van der Waals surface area contributed by atoms with Crippen molar-refractivity contribution in [3.8, 4) is 0 Å². The van der Waals surface area contributed by atoms with Crippen molar-refractivity contribution in [2.75, 3.05) is 50.7 Å². The van der Waals surface area contributed by atoms with E-state index in [1.165, 1.54) is 32.1 Å². The van der Waals surface area contributed by atoms with Crippen LogP contribution in [-0.2, 0) is 17.3 Å². The van der Waals surface area contributed by atoms with Crippen LogP contribution in [-0.4, -0.2) is 81.3 Å². The Morgan fingerprint density at radius 1 is 1.06 bits per heavy atom. The molecule has 1 aliphatic heterocycles. The molecular weight excluding hydrogens is 454 g/mol. The highest BCUT2D eigenvalue weighted by molar-refractivity contribution is 5.81. The van der Waals surface area contributed by atoms with Crippen LogP contribution in [0.15, 0.2) is 4.79 Å². The minimum atomic E-state index is -0.205. The lowest BCUT2D eigenvalue weighted by Gasteiger charge is -2.37. The monoisotopic (exact) mass is 497 g/mol. The van der Waals surface area contributed by atoms with Crippen LogP contribution in [0, 0.1) is 11.8 Å². The predicted molar refractivity (Wildman–Crippen MR) is 142 cm³/mol. The Morgan fingerprint density at radius 2 is 1.75 bits per heavy atom. The molecule has 2 aromatic heterocycles. The quantitative estimate of drug-likeness (QED) is 0.633. The molecule has 5 rings (SSSR count). The lowest BCUT2D eigenvalue weighted by molar-refractivity contribution is -0.134. The Morgan fingerprint density at radius 3 is 2.39 bits per heavy atom. The van der Waals surface area contributed by atoms with Crippen molar-refractivity contribution < 1.29 is 4.79 Å². The summed E-state index contributed by atoms with van der Waals surface area (Å²) in [6, 6.07) is 0. The van der Waals surface area contributed by atoms with E-state index in [4.69, 9.17) is 4.98 Å². The van der Waals surface area contributed by atoms with Gasteiger partial charge in [-0.05, 0) is 31.6 Å². The molecule has 3 aliphatic rings. The van der Waals surface area contributed by atoms with Crippen LogP contribution in [0.1, 0.15) is 71.4 Å². The number of amides is 1. The summed E-state index contributed by atoms with van der Waals surface area (Å²) in [7, 11) is 1.82. The number of piperazine rings is 1. The maximum Gasteiger partial charge on any atom is 0.278 e. The van der Waals surface area contributed by atoms with Gasteiger partial charge in [-0.3, -0.25) is 24.2 Å². The number of H-pyrrole nitrogens is 1. The summed E-state index contributed by atoms with van der Waals surface area (Å²) in [6.45, 7) is 12.4. The number of fused-ring (bicyclic) bond motifs is 1. The van der Waals surface area contributed by atoms with Gasteiger partial charge in [0, 0.05) is 64.2 Å². The minimum Gasteiger partial charge on any atom is -0.341 e. The van der Waals surface area contributed by atoms with Crippen molar-refractivity contribution in [1.82, 2.24) is 29.5 Å². The van der Waals surface area contributed by atoms with Gasteiger partial charge in [0.25, 0.3) is 5.56 Å². The highest BCUT2D eigenvalue weighted by Gasteiger charge is 2.34. The van der Waals surface area contributed by atoms with E-state index < -0.39 is 0 Å². The number of nitrogens with zero attached hydrogens (tertiary/aromatic N) is 6. The largest absolute Gasteiger partial charge is 0.341 e. The molecule has 2 saturated carbocycles. The van der Waals surface area contributed by atoms with Crippen molar-refractivity contribution in [3.05, 3.63) is 16.0 Å². The number of hydrogen-bond donors (Lipinski definition) is 1. The van der Waals surface area contributed by atoms with Crippen LogP contribution >= 0.6 is 0 Å². The number of carbonyl (C=O) groups excluding carboxylic acids is 1. The average molecular weight is 498 g/mol. The summed E-state index contributed by atoms with van der Waals surface area (Å²) < 4.78 is 1.67. The first-order valence-corrected chi connectivity index (χ1v) is 13.9. The number of aryl methyl sites for hydroxylation is 1. The van der Waals surface area contributed by atoms with E-state index in [0.29, 0.717) is 34.7 Å². The van der Waals surface area contributed by atoms with Gasteiger partial charge in [-0.2, -0.15) is 5.10 Å². The zero-order chi connectivity index (χ0) is 25.4. The van der Waals surface area contributed by atoms with E-state index in [1.807, 2.05) is 7.05 Å². The number of nitrogens with one attached hydrogen (secondary N) is 1. The number of aromatic nitrogens is 4. The summed E-state index contributed by atoms with van der Waals surface area (Å²) in [5.74, 6) is 1.95. The molecule has 2 aliphatic carbocycles. The van der Waals surface area contributed by atoms with Gasteiger partial charge in [-0.1, -0.05) is 40.0 Å². The van der Waals surface area contributed by atoms with Gasteiger partial charge in [0.2, 0.25) is 11.9 Å². The fourth-order valence-corrected chi connectivity index (χ4v) is 5.83. The number of carbonyl (C=O) groups is 1. The first-order chi connectivity index (χ1) is 17.2. The molecule has 9 nitrogen and oxygen atoms in total. The van der Waals surface area contributed by atoms with Gasteiger partial charge in [0.15, 0.2) is 5.52 Å². The first kappa shape index (κ1) is 25.2. The van der Waals surface area contributed by atoms with Crippen molar-refractivity contribution >= 4 is 22.9 Å². The smallest absolute Gasteiger partial charge is 0.278 e. The Balaban J connectivity index is 1.34. The number of aromatic amines is 1. The van der Waals surface area contributed by atoms with Crippen molar-refractivity contribution in [2.24, 2.45) is 18.9 Å². The van der Waals surface area contributed by atoms with Gasteiger partial charge in [0.1, 0.15) is 5.52 Å². The lowest BCUT2D eigenvalue weighted by Crippen LogP contribution is -2.51. The van der Waals surface area contributed by atoms with E-state index in [-0.39, 0.29) is 11.0 Å². The minimum absolute atomic E-state index is 0.124. The molecular formula is C27H43N7O2. The third kappa shape index (κ3) is 5.45. The molecule has 0 spiro atoms. The molecule has 2 aromatic rings. The van der Waals surface area contributed by atoms with E-state index >= 15 is 0 Å². The number of hydrogen-bond acceptors (Lipinski definition) is 6. The normalized spacial score (nSPS) is 20.3. The Labute approximate surface area is 214 Å². The highest BCUT2D eigenvalue weighted by atomic mass is 16.2. The van der Waals surface area contributed by atoms with Gasteiger partial charge in [-0.25, -0.2) is 4.98 Å². The molecule has 1 saturated heterocycles. The molecule has 0 atom stereocenters. The van der Waals surface area contributed by atoms with E-state index in [1.54, 1.807) is 4.68 Å². The summed E-state index contributed by atoms with van der Waals surface area (Å²) in [6.07, 6.45) is 8.52. The van der Waals surface area contributed by atoms with Crippen LogP contribution in [0.5, 0.6) is 0 Å². The van der Waals surface area contributed by atoms with E-state index in [9.17, 15) is 9.59 Å². The van der Waals surface area contributed by atoms with Crippen LogP contribution in [0.25, 0.3) is 11.0 Å². The lowest BCUT2D eigenvalue weighted by atomic mass is 9.89. The van der Waals surface area contributed by atoms with Crippen molar-refractivity contribution in [1.29, 1.82) is 0 Å². The number of rotatable bonds is 7. The second kappa shape index (κ2) is 10.1. The summed E-state index contributed by atoms with van der Waals surface area (Å²) in [5, 5.41) is 4.67. The molecule has 3 heterocycles. The maximum absolute atomic E-state index is 13.2. The van der Waals surface area contributed by atoms with Gasteiger partial charge in [-0.15, -0.1) is 0 Å². The van der Waals surface area contributed by atoms with Gasteiger partial charge < -0.3 is 9.80 Å². The SMILES string of the molecule is Cn1nc(C(C)(C)C)c2nc(N(CCN3CCN(C(=O)C4CC4)CC3)CC3CCCCC3)[nH]c(=O)c21. The average Bonchev–Trinajstić information content (AvgIpc) is 3.64. The zero-order valence-electron chi connectivity index (χ0n) is 22.6. The molecule has 9 heteroatoms. The second-order valence-corrected chi connectivity index (χ2v) is 12.2. The third-order valence-corrected chi connectivity index (χ3v) is 8.19. The maximum atomic E-state index is 13.2. The van der Waals surface area contributed by atoms with Crippen LogP contribution in [0.2, 0.25) is 0 Å². The Bertz CT molecular complexity index is 1130. The van der Waals surface area contributed by atoms with Crippen LogP contribution < -0.4 is 10.5 Å².